The van der Waals surface area contributed by atoms with Crippen LogP contribution in [-0.2, 0) is 0 Å². The van der Waals surface area contributed by atoms with E-state index in [1.54, 1.807) is 0 Å². The quantitative estimate of drug-likeness (QED) is 0.724. The molecule has 0 radical (unpaired) electrons. The molecule has 2 rings (SSSR count). The standard InChI is InChI=1S/C12H24N2O/c1-14-7-3-11(4-8-14)9-13-12(10-15)5-2-6-12/h11,13,15H,2-10H2,1H3. The summed E-state index contributed by atoms with van der Waals surface area (Å²) in [5, 5.41) is 12.9. The zero-order valence-electron chi connectivity index (χ0n) is 9.84. The summed E-state index contributed by atoms with van der Waals surface area (Å²) in [4.78, 5) is 2.40. The molecule has 88 valence electrons. The first-order chi connectivity index (χ1) is 7.24. The topological polar surface area (TPSA) is 35.5 Å². The molecule has 1 heterocycles. The van der Waals surface area contributed by atoms with Gasteiger partial charge in [-0.1, -0.05) is 0 Å². The predicted octanol–water partition coefficient (Wildman–Crippen LogP) is 0.833. The van der Waals surface area contributed by atoms with Crippen LogP contribution in [0.2, 0.25) is 0 Å². The second kappa shape index (κ2) is 4.81. The fourth-order valence-corrected chi connectivity index (χ4v) is 2.62. The average molecular weight is 212 g/mol. The lowest BCUT2D eigenvalue weighted by atomic mass is 9.77. The first kappa shape index (κ1) is 11.4. The van der Waals surface area contributed by atoms with Crippen LogP contribution in [0.25, 0.3) is 0 Å². The van der Waals surface area contributed by atoms with E-state index in [0.717, 1.165) is 25.3 Å². The second-order valence-electron chi connectivity index (χ2n) is 5.42. The molecule has 1 aliphatic carbocycles. The van der Waals surface area contributed by atoms with Gasteiger partial charge in [-0.2, -0.15) is 0 Å². The lowest BCUT2D eigenvalue weighted by Gasteiger charge is -2.43. The zero-order chi connectivity index (χ0) is 10.7. The number of nitrogens with one attached hydrogen (secondary N) is 1. The maximum Gasteiger partial charge on any atom is 0.0613 e. The molecule has 1 saturated heterocycles. The molecule has 1 saturated carbocycles. The van der Waals surface area contributed by atoms with E-state index in [-0.39, 0.29) is 5.54 Å². The second-order valence-corrected chi connectivity index (χ2v) is 5.42. The van der Waals surface area contributed by atoms with E-state index in [4.69, 9.17) is 0 Å². The molecule has 0 aromatic heterocycles. The predicted molar refractivity (Wildman–Crippen MR) is 61.9 cm³/mol. The summed E-state index contributed by atoms with van der Waals surface area (Å²) in [6, 6.07) is 0. The Bertz CT molecular complexity index is 190. The third-order valence-corrected chi connectivity index (χ3v) is 4.22. The number of hydrogen-bond donors (Lipinski definition) is 2. The lowest BCUT2D eigenvalue weighted by Crippen LogP contribution is -2.55. The highest BCUT2D eigenvalue weighted by atomic mass is 16.3. The Morgan fingerprint density at radius 2 is 2.00 bits per heavy atom. The summed E-state index contributed by atoms with van der Waals surface area (Å²) in [5.74, 6) is 0.824. The molecule has 0 amide bonds. The number of aliphatic hydroxyl groups is 1. The summed E-state index contributed by atoms with van der Waals surface area (Å²) in [5.41, 5.74) is 0.101. The van der Waals surface area contributed by atoms with Crippen LogP contribution in [0, 0.1) is 5.92 Å². The van der Waals surface area contributed by atoms with Crippen molar-refractivity contribution in [2.24, 2.45) is 5.92 Å². The molecule has 0 spiro atoms. The van der Waals surface area contributed by atoms with Gasteiger partial charge in [0.25, 0.3) is 0 Å². The van der Waals surface area contributed by atoms with Crippen LogP contribution in [0.15, 0.2) is 0 Å². The molecule has 0 bridgehead atoms. The number of likely N-dealkylation sites (tertiary alicyclic amines) is 1. The van der Waals surface area contributed by atoms with Gasteiger partial charge in [-0.15, -0.1) is 0 Å². The molecular weight excluding hydrogens is 188 g/mol. The van der Waals surface area contributed by atoms with Crippen molar-refractivity contribution in [1.82, 2.24) is 10.2 Å². The number of piperidine rings is 1. The third kappa shape index (κ3) is 2.71. The van der Waals surface area contributed by atoms with E-state index < -0.39 is 0 Å². The van der Waals surface area contributed by atoms with Crippen molar-refractivity contribution < 1.29 is 5.11 Å². The van der Waals surface area contributed by atoms with Gasteiger partial charge in [-0.3, -0.25) is 0 Å². The van der Waals surface area contributed by atoms with Crippen LogP contribution in [-0.4, -0.2) is 48.8 Å². The Balaban J connectivity index is 1.69. The fourth-order valence-electron chi connectivity index (χ4n) is 2.62. The third-order valence-electron chi connectivity index (χ3n) is 4.22. The Morgan fingerprint density at radius 3 is 2.47 bits per heavy atom. The van der Waals surface area contributed by atoms with Crippen molar-refractivity contribution in [3.05, 3.63) is 0 Å². The van der Waals surface area contributed by atoms with E-state index in [1.165, 1.54) is 32.4 Å². The van der Waals surface area contributed by atoms with E-state index in [1.807, 2.05) is 0 Å². The Kier molecular flexibility index (Phi) is 3.65. The highest BCUT2D eigenvalue weighted by Gasteiger charge is 2.36. The molecule has 1 aliphatic heterocycles. The maximum absolute atomic E-state index is 9.34. The van der Waals surface area contributed by atoms with Gasteiger partial charge in [0.15, 0.2) is 0 Å². The van der Waals surface area contributed by atoms with Crippen LogP contribution in [0.1, 0.15) is 32.1 Å². The van der Waals surface area contributed by atoms with Gasteiger partial charge in [0.1, 0.15) is 0 Å². The number of aliphatic hydroxyl groups excluding tert-OH is 1. The van der Waals surface area contributed by atoms with E-state index >= 15 is 0 Å². The first-order valence-corrected chi connectivity index (χ1v) is 6.28. The monoisotopic (exact) mass is 212 g/mol. The largest absolute Gasteiger partial charge is 0.394 e. The van der Waals surface area contributed by atoms with E-state index in [0.29, 0.717) is 6.61 Å². The van der Waals surface area contributed by atoms with Gasteiger partial charge in [0, 0.05) is 5.54 Å². The van der Waals surface area contributed by atoms with Crippen LogP contribution in [0.3, 0.4) is 0 Å². The smallest absolute Gasteiger partial charge is 0.0613 e. The van der Waals surface area contributed by atoms with Gasteiger partial charge < -0.3 is 15.3 Å². The van der Waals surface area contributed by atoms with Gasteiger partial charge in [-0.25, -0.2) is 0 Å². The SMILES string of the molecule is CN1CCC(CNC2(CO)CCC2)CC1. The molecule has 0 aromatic rings. The molecule has 0 atom stereocenters. The fraction of sp³-hybridized carbons (Fsp3) is 1.00. The van der Waals surface area contributed by atoms with Crippen LogP contribution >= 0.6 is 0 Å². The molecule has 3 heteroatoms. The normalized spacial score (nSPS) is 27.6. The van der Waals surface area contributed by atoms with Crippen molar-refractivity contribution in [2.75, 3.05) is 33.3 Å². The minimum absolute atomic E-state index is 0.101. The summed E-state index contributed by atoms with van der Waals surface area (Å²) >= 11 is 0. The number of rotatable bonds is 4. The minimum Gasteiger partial charge on any atom is -0.394 e. The maximum atomic E-state index is 9.34. The summed E-state index contributed by atoms with van der Waals surface area (Å²) in [7, 11) is 2.20. The van der Waals surface area contributed by atoms with Gasteiger partial charge in [0.2, 0.25) is 0 Å². The van der Waals surface area contributed by atoms with E-state index in [2.05, 4.69) is 17.3 Å². The molecule has 0 aromatic carbocycles. The number of hydrogen-bond acceptors (Lipinski definition) is 3. The highest BCUT2D eigenvalue weighted by molar-refractivity contribution is 4.95. The Hall–Kier alpha value is -0.120. The van der Waals surface area contributed by atoms with Gasteiger partial charge in [0.05, 0.1) is 6.61 Å². The Labute approximate surface area is 92.8 Å². The molecule has 3 nitrogen and oxygen atoms in total. The van der Waals surface area contributed by atoms with Crippen LogP contribution < -0.4 is 5.32 Å². The Morgan fingerprint density at radius 1 is 1.33 bits per heavy atom. The first-order valence-electron chi connectivity index (χ1n) is 6.28. The van der Waals surface area contributed by atoms with Gasteiger partial charge >= 0.3 is 0 Å². The van der Waals surface area contributed by atoms with Crippen molar-refractivity contribution in [1.29, 1.82) is 0 Å². The highest BCUT2D eigenvalue weighted by Crippen LogP contribution is 2.31. The average Bonchev–Trinajstić information content (AvgIpc) is 2.20. The van der Waals surface area contributed by atoms with Crippen molar-refractivity contribution >= 4 is 0 Å². The summed E-state index contributed by atoms with van der Waals surface area (Å²) in [6.07, 6.45) is 6.23. The molecule has 2 fully saturated rings. The summed E-state index contributed by atoms with van der Waals surface area (Å²) < 4.78 is 0. The summed E-state index contributed by atoms with van der Waals surface area (Å²) in [6.45, 7) is 3.89. The van der Waals surface area contributed by atoms with Crippen molar-refractivity contribution in [3.8, 4) is 0 Å². The van der Waals surface area contributed by atoms with E-state index in [9.17, 15) is 5.11 Å². The van der Waals surface area contributed by atoms with Crippen LogP contribution in [0.5, 0.6) is 0 Å². The van der Waals surface area contributed by atoms with Gasteiger partial charge in [-0.05, 0) is 64.7 Å². The van der Waals surface area contributed by atoms with Crippen molar-refractivity contribution in [2.45, 2.75) is 37.6 Å². The molecule has 0 unspecified atom stereocenters. The molecule has 2 N–H and O–H groups in total. The molecule has 2 aliphatic rings. The molecule has 15 heavy (non-hydrogen) atoms. The number of nitrogens with zero attached hydrogens (tertiary/aromatic N) is 1. The van der Waals surface area contributed by atoms with Crippen molar-refractivity contribution in [3.63, 3.8) is 0 Å². The lowest BCUT2D eigenvalue weighted by molar-refractivity contribution is 0.0794. The zero-order valence-corrected chi connectivity index (χ0v) is 9.84. The molecular formula is C12H24N2O. The minimum atomic E-state index is 0.101. The van der Waals surface area contributed by atoms with Crippen LogP contribution in [0.4, 0.5) is 0 Å².